The van der Waals surface area contributed by atoms with Crippen molar-refractivity contribution in [2.45, 2.75) is 38.8 Å². The molecule has 1 atom stereocenters. The number of rotatable bonds is 8. The van der Waals surface area contributed by atoms with Gasteiger partial charge in [0.15, 0.2) is 0 Å². The monoisotopic (exact) mass is 508 g/mol. The number of aromatic nitrogens is 1. The quantitative estimate of drug-likeness (QED) is 0.328. The minimum atomic E-state index is -0.524. The molecular weight excluding hydrogens is 472 g/mol. The van der Waals surface area contributed by atoms with Crippen LogP contribution in [0.15, 0.2) is 78.4 Å². The van der Waals surface area contributed by atoms with E-state index >= 15 is 0 Å². The van der Waals surface area contributed by atoms with Crippen molar-refractivity contribution in [1.29, 1.82) is 0 Å². The zero-order valence-electron chi connectivity index (χ0n) is 22.5. The van der Waals surface area contributed by atoms with Gasteiger partial charge in [0.2, 0.25) is 11.8 Å². The number of likely N-dealkylation sites (tertiary alicyclic amines) is 1. The molecule has 1 saturated heterocycles. The van der Waals surface area contributed by atoms with Crippen LogP contribution in [0.5, 0.6) is 0 Å². The van der Waals surface area contributed by atoms with Crippen LogP contribution in [0.3, 0.4) is 0 Å². The first-order valence-corrected chi connectivity index (χ1v) is 13.4. The molecule has 196 valence electrons. The lowest BCUT2D eigenvalue weighted by Crippen LogP contribution is -2.43. The minimum Gasteiger partial charge on any atom is -0.341 e. The highest BCUT2D eigenvalue weighted by atomic mass is 16.2. The molecule has 0 unspecified atom stereocenters. The van der Waals surface area contributed by atoms with Crippen molar-refractivity contribution in [3.05, 3.63) is 83.9 Å². The van der Waals surface area contributed by atoms with Crippen LogP contribution in [-0.4, -0.2) is 59.4 Å². The van der Waals surface area contributed by atoms with E-state index in [0.717, 1.165) is 47.2 Å². The normalized spacial score (nSPS) is 16.7. The molecule has 3 aromatic carbocycles. The van der Waals surface area contributed by atoms with Crippen molar-refractivity contribution in [1.82, 2.24) is 14.4 Å². The van der Waals surface area contributed by atoms with Gasteiger partial charge in [-0.2, -0.15) is 0 Å². The van der Waals surface area contributed by atoms with Gasteiger partial charge in [0, 0.05) is 47.0 Å². The van der Waals surface area contributed by atoms with E-state index in [4.69, 9.17) is 0 Å². The fourth-order valence-electron chi connectivity index (χ4n) is 5.53. The lowest BCUT2D eigenvalue weighted by Gasteiger charge is -2.24. The number of hydrogen-bond donors (Lipinski definition) is 1. The topological polar surface area (TPSA) is 57.6 Å². The van der Waals surface area contributed by atoms with Gasteiger partial charge in [0.05, 0.1) is 0 Å². The highest BCUT2D eigenvalue weighted by Crippen LogP contribution is 2.32. The molecule has 0 aliphatic carbocycles. The number of nitrogens with zero attached hydrogens (tertiary/aromatic N) is 3. The van der Waals surface area contributed by atoms with Crippen molar-refractivity contribution in [2.24, 2.45) is 0 Å². The number of aryl methyl sites for hydroxylation is 1. The van der Waals surface area contributed by atoms with Crippen molar-refractivity contribution < 1.29 is 9.59 Å². The Labute approximate surface area is 224 Å². The lowest BCUT2D eigenvalue weighted by molar-refractivity contribution is -0.136. The van der Waals surface area contributed by atoms with E-state index in [1.165, 1.54) is 10.9 Å². The van der Waals surface area contributed by atoms with E-state index in [1.54, 1.807) is 4.90 Å². The maximum atomic E-state index is 13.6. The highest BCUT2D eigenvalue weighted by Gasteiger charge is 2.36. The molecule has 0 bridgehead atoms. The number of benzene rings is 3. The fraction of sp³-hybridized carbons (Fsp3) is 0.312. The summed E-state index contributed by atoms with van der Waals surface area (Å²) in [6.07, 6.45) is 3.85. The standard InChI is InChI=1S/C32H36N4O2/c1-4-35-28-14-9-8-13-26(28)27-21-25(16-17-29(27)35)33-32(38)30-20-24(19-23-11-6-5-7-12-23)22-36(30)31(37)15-10-18-34(2)3/h5-9,11-14,16-17,19,21,30H,4,10,15,18,20,22H2,1-3H3,(H,33,38)/t30-/m0/s1. The van der Waals surface area contributed by atoms with Crippen molar-refractivity contribution >= 4 is 45.4 Å². The maximum absolute atomic E-state index is 13.6. The van der Waals surface area contributed by atoms with Crippen molar-refractivity contribution in [3.8, 4) is 0 Å². The SMILES string of the molecule is CCn1c2ccccc2c2cc(NC(=O)[C@@H]3CC(=Cc4ccccc4)CN3C(=O)CCCN(C)C)ccc21. The van der Waals surface area contributed by atoms with Crippen LogP contribution in [-0.2, 0) is 16.1 Å². The number of fused-ring (bicyclic) bond motifs is 3. The van der Waals surface area contributed by atoms with Crippen molar-refractivity contribution in [2.75, 3.05) is 32.5 Å². The third-order valence-electron chi connectivity index (χ3n) is 7.35. The van der Waals surface area contributed by atoms with Crippen LogP contribution in [0.4, 0.5) is 5.69 Å². The Morgan fingerprint density at radius 2 is 1.71 bits per heavy atom. The van der Waals surface area contributed by atoms with Crippen LogP contribution >= 0.6 is 0 Å². The van der Waals surface area contributed by atoms with Crippen molar-refractivity contribution in [3.63, 3.8) is 0 Å². The maximum Gasteiger partial charge on any atom is 0.247 e. The van der Waals surface area contributed by atoms with Gasteiger partial charge in [0.1, 0.15) is 6.04 Å². The molecule has 4 aromatic rings. The second-order valence-electron chi connectivity index (χ2n) is 10.3. The van der Waals surface area contributed by atoms with Crippen LogP contribution in [0.2, 0.25) is 0 Å². The Morgan fingerprint density at radius 3 is 2.47 bits per heavy atom. The molecule has 0 spiro atoms. The second-order valence-corrected chi connectivity index (χ2v) is 10.3. The van der Waals surface area contributed by atoms with Gasteiger partial charge in [-0.15, -0.1) is 0 Å². The summed E-state index contributed by atoms with van der Waals surface area (Å²) in [5.74, 6) is -0.106. The summed E-state index contributed by atoms with van der Waals surface area (Å²) in [5.41, 5.74) is 5.27. The molecular formula is C32H36N4O2. The van der Waals surface area contributed by atoms with Gasteiger partial charge in [-0.05, 0) is 75.8 Å². The molecule has 2 heterocycles. The molecule has 1 N–H and O–H groups in total. The first-order valence-electron chi connectivity index (χ1n) is 13.4. The summed E-state index contributed by atoms with van der Waals surface area (Å²) in [6.45, 7) is 4.34. The number of carbonyl (C=O) groups is 2. The zero-order chi connectivity index (χ0) is 26.6. The van der Waals surface area contributed by atoms with Gasteiger partial charge >= 0.3 is 0 Å². The molecule has 38 heavy (non-hydrogen) atoms. The van der Waals surface area contributed by atoms with E-state index in [0.29, 0.717) is 19.4 Å². The molecule has 6 heteroatoms. The molecule has 0 saturated carbocycles. The number of anilines is 1. The minimum absolute atomic E-state index is 0.0323. The van der Waals surface area contributed by atoms with Crippen LogP contribution in [0.1, 0.15) is 31.7 Å². The predicted molar refractivity (Wildman–Crippen MR) is 156 cm³/mol. The molecule has 2 amide bonds. The highest BCUT2D eigenvalue weighted by molar-refractivity contribution is 6.10. The average molecular weight is 509 g/mol. The zero-order valence-corrected chi connectivity index (χ0v) is 22.5. The lowest BCUT2D eigenvalue weighted by atomic mass is 10.1. The third-order valence-corrected chi connectivity index (χ3v) is 7.35. The van der Waals surface area contributed by atoms with Gasteiger partial charge in [-0.3, -0.25) is 9.59 Å². The number of nitrogens with one attached hydrogen (secondary N) is 1. The molecule has 6 nitrogen and oxygen atoms in total. The Kier molecular flexibility index (Phi) is 7.61. The first-order chi connectivity index (χ1) is 18.4. The summed E-state index contributed by atoms with van der Waals surface area (Å²) < 4.78 is 2.29. The largest absolute Gasteiger partial charge is 0.341 e. The van der Waals surface area contributed by atoms with Crippen LogP contribution < -0.4 is 5.32 Å². The Bertz CT molecular complexity index is 1490. The van der Waals surface area contributed by atoms with Gasteiger partial charge < -0.3 is 19.7 Å². The Hall–Kier alpha value is -3.90. The van der Waals surface area contributed by atoms with Gasteiger partial charge in [-0.1, -0.05) is 54.6 Å². The smallest absolute Gasteiger partial charge is 0.247 e. The molecule has 5 rings (SSSR count). The summed E-state index contributed by atoms with van der Waals surface area (Å²) in [6, 6.07) is 24.0. The van der Waals surface area contributed by atoms with Crippen LogP contribution in [0.25, 0.3) is 27.9 Å². The number of carbonyl (C=O) groups excluding carboxylic acids is 2. The summed E-state index contributed by atoms with van der Waals surface area (Å²) >= 11 is 0. The summed E-state index contributed by atoms with van der Waals surface area (Å²) in [4.78, 5) is 30.7. The van der Waals surface area contributed by atoms with E-state index in [1.807, 2.05) is 56.6 Å². The number of amides is 2. The van der Waals surface area contributed by atoms with E-state index in [-0.39, 0.29) is 11.8 Å². The van der Waals surface area contributed by atoms with Gasteiger partial charge in [0.25, 0.3) is 0 Å². The third kappa shape index (κ3) is 5.36. The summed E-state index contributed by atoms with van der Waals surface area (Å²) in [7, 11) is 4.01. The van der Waals surface area contributed by atoms with Gasteiger partial charge in [-0.25, -0.2) is 0 Å². The van der Waals surface area contributed by atoms with E-state index < -0.39 is 6.04 Å². The molecule has 1 aromatic heterocycles. The summed E-state index contributed by atoms with van der Waals surface area (Å²) in [5, 5.41) is 5.43. The molecule has 1 aliphatic rings. The number of hydrogen-bond acceptors (Lipinski definition) is 3. The molecule has 0 radical (unpaired) electrons. The fourth-order valence-corrected chi connectivity index (χ4v) is 5.53. The average Bonchev–Trinajstić information content (AvgIpc) is 3.48. The van der Waals surface area contributed by atoms with Crippen LogP contribution in [0, 0.1) is 0 Å². The van der Waals surface area contributed by atoms with E-state index in [9.17, 15) is 9.59 Å². The molecule has 1 aliphatic heterocycles. The first kappa shape index (κ1) is 25.7. The predicted octanol–water partition coefficient (Wildman–Crippen LogP) is 5.78. The molecule has 1 fully saturated rings. The van der Waals surface area contributed by atoms with E-state index in [2.05, 4.69) is 58.1 Å². The Morgan fingerprint density at radius 1 is 0.974 bits per heavy atom. The number of para-hydroxylation sites is 1. The Balaban J connectivity index is 1.40. The second kappa shape index (κ2) is 11.2.